The first-order valence-electron chi connectivity index (χ1n) is 9.67. The van der Waals surface area contributed by atoms with Crippen molar-refractivity contribution in [3.63, 3.8) is 0 Å². The Morgan fingerprint density at radius 3 is 2.50 bits per heavy atom. The summed E-state index contributed by atoms with van der Waals surface area (Å²) in [5.74, 6) is -2.45. The number of halogens is 1. The third-order valence-corrected chi connectivity index (χ3v) is 7.48. The molecule has 1 fully saturated rings. The zero-order chi connectivity index (χ0) is 21.9. The predicted octanol–water partition coefficient (Wildman–Crippen LogP) is 1.37. The minimum atomic E-state index is -3.79. The molecule has 0 saturated carbocycles. The number of aliphatic hydroxyl groups is 2. The first-order valence-corrected chi connectivity index (χ1v) is 11.8. The Hall–Kier alpha value is -1.49. The average molecular weight is 461 g/mol. The molecule has 2 N–H and O–H groups in total. The number of hydrogen-bond donors (Lipinski definition) is 2. The summed E-state index contributed by atoms with van der Waals surface area (Å²) in [5, 5.41) is 18.3. The van der Waals surface area contributed by atoms with Gasteiger partial charge in [-0.2, -0.15) is 0 Å². The van der Waals surface area contributed by atoms with Crippen LogP contribution in [-0.4, -0.2) is 67.7 Å². The summed E-state index contributed by atoms with van der Waals surface area (Å²) >= 11 is 5.96. The van der Waals surface area contributed by atoms with E-state index in [-0.39, 0.29) is 44.0 Å². The number of aliphatic hydroxyl groups excluding tert-OH is 2. The maximum atomic E-state index is 13.2. The molecule has 8 nitrogen and oxygen atoms in total. The lowest BCUT2D eigenvalue weighted by molar-refractivity contribution is -0.154. The van der Waals surface area contributed by atoms with E-state index in [1.165, 1.54) is 6.08 Å². The molecule has 3 atom stereocenters. The average Bonchev–Trinajstić information content (AvgIpc) is 3.04. The van der Waals surface area contributed by atoms with Gasteiger partial charge < -0.3 is 24.4 Å². The molecule has 1 spiro atoms. The second-order valence-corrected chi connectivity index (χ2v) is 9.89. The van der Waals surface area contributed by atoms with Gasteiger partial charge in [0, 0.05) is 11.4 Å². The minimum absolute atomic E-state index is 0.0594. The van der Waals surface area contributed by atoms with Crippen LogP contribution in [-0.2, 0) is 34.6 Å². The first kappa shape index (κ1) is 23.2. The SMILES string of the molecule is CCOC(=O)C1=CC2(CCC1S(=O)(=O)Cc1cccc(Cl)c1)O[C@H](CO)[C@@H](CO)O2. The van der Waals surface area contributed by atoms with Crippen LogP contribution in [0.15, 0.2) is 35.9 Å². The van der Waals surface area contributed by atoms with Crippen LogP contribution < -0.4 is 0 Å². The van der Waals surface area contributed by atoms with Gasteiger partial charge in [0.05, 0.1) is 36.4 Å². The second kappa shape index (κ2) is 9.33. The molecule has 166 valence electrons. The van der Waals surface area contributed by atoms with Crippen molar-refractivity contribution >= 4 is 27.4 Å². The summed E-state index contributed by atoms with van der Waals surface area (Å²) in [6, 6.07) is 6.53. The van der Waals surface area contributed by atoms with Crippen molar-refractivity contribution in [2.75, 3.05) is 19.8 Å². The smallest absolute Gasteiger partial charge is 0.335 e. The highest BCUT2D eigenvalue weighted by Gasteiger charge is 2.51. The van der Waals surface area contributed by atoms with Gasteiger partial charge in [0.1, 0.15) is 12.2 Å². The highest BCUT2D eigenvalue weighted by molar-refractivity contribution is 7.91. The van der Waals surface area contributed by atoms with Crippen LogP contribution >= 0.6 is 11.6 Å². The van der Waals surface area contributed by atoms with Crippen LogP contribution in [0, 0.1) is 0 Å². The zero-order valence-corrected chi connectivity index (χ0v) is 18.1. The van der Waals surface area contributed by atoms with Crippen molar-refractivity contribution in [1.82, 2.24) is 0 Å². The van der Waals surface area contributed by atoms with E-state index in [2.05, 4.69) is 0 Å². The zero-order valence-electron chi connectivity index (χ0n) is 16.5. The molecular formula is C20H25ClO8S. The molecule has 10 heteroatoms. The molecule has 1 aromatic carbocycles. The van der Waals surface area contributed by atoms with Crippen molar-refractivity contribution in [2.24, 2.45) is 0 Å². The van der Waals surface area contributed by atoms with Gasteiger partial charge in [-0.3, -0.25) is 0 Å². The number of esters is 1. The third-order valence-electron chi connectivity index (χ3n) is 5.16. The Morgan fingerprint density at radius 2 is 1.93 bits per heavy atom. The summed E-state index contributed by atoms with van der Waals surface area (Å²) in [6.07, 6.45) is -0.0391. The number of hydrogen-bond acceptors (Lipinski definition) is 8. The van der Waals surface area contributed by atoms with Crippen molar-refractivity contribution in [3.8, 4) is 0 Å². The van der Waals surface area contributed by atoms with Gasteiger partial charge in [-0.25, -0.2) is 13.2 Å². The lowest BCUT2D eigenvalue weighted by Crippen LogP contribution is -2.41. The number of carbonyl (C=O) groups excluding carboxylic acids is 1. The molecule has 1 aliphatic heterocycles. The molecule has 1 aliphatic carbocycles. The van der Waals surface area contributed by atoms with Crippen molar-refractivity contribution in [1.29, 1.82) is 0 Å². The maximum Gasteiger partial charge on any atom is 0.335 e. The minimum Gasteiger partial charge on any atom is -0.463 e. The number of rotatable bonds is 7. The molecule has 1 saturated heterocycles. The summed E-state index contributed by atoms with van der Waals surface area (Å²) in [5.41, 5.74) is 0.445. The molecule has 1 aromatic rings. The lowest BCUT2D eigenvalue weighted by Gasteiger charge is -2.33. The molecule has 3 rings (SSSR count). The van der Waals surface area contributed by atoms with Crippen molar-refractivity contribution in [2.45, 2.75) is 48.8 Å². The van der Waals surface area contributed by atoms with E-state index >= 15 is 0 Å². The van der Waals surface area contributed by atoms with Crippen LogP contribution in [0.5, 0.6) is 0 Å². The van der Waals surface area contributed by atoms with Crippen LogP contribution in [0.4, 0.5) is 0 Å². The topological polar surface area (TPSA) is 119 Å². The highest BCUT2D eigenvalue weighted by Crippen LogP contribution is 2.41. The Labute approximate surface area is 180 Å². The van der Waals surface area contributed by atoms with Gasteiger partial charge in [-0.15, -0.1) is 0 Å². The van der Waals surface area contributed by atoms with Crippen molar-refractivity contribution in [3.05, 3.63) is 46.5 Å². The normalized spacial score (nSPS) is 25.9. The van der Waals surface area contributed by atoms with Crippen molar-refractivity contribution < 1.29 is 37.6 Å². The molecule has 1 unspecified atom stereocenters. The van der Waals surface area contributed by atoms with E-state index in [9.17, 15) is 23.4 Å². The van der Waals surface area contributed by atoms with Gasteiger partial charge in [0.25, 0.3) is 0 Å². The largest absolute Gasteiger partial charge is 0.463 e. The number of benzene rings is 1. The molecule has 0 radical (unpaired) electrons. The predicted molar refractivity (Wildman–Crippen MR) is 108 cm³/mol. The Kier molecular flexibility index (Phi) is 7.21. The van der Waals surface area contributed by atoms with Crippen LogP contribution in [0.25, 0.3) is 0 Å². The quantitative estimate of drug-likeness (QED) is 0.585. The third kappa shape index (κ3) is 4.87. The summed E-state index contributed by atoms with van der Waals surface area (Å²) in [7, 11) is -3.79. The van der Waals surface area contributed by atoms with Gasteiger partial charge in [0.15, 0.2) is 15.6 Å². The molecule has 0 amide bonds. The standard InChI is InChI=1S/C20H25ClO8S/c1-2-27-19(24)15-9-20(28-16(10-22)17(11-23)29-20)7-6-18(15)30(25,26)12-13-4-3-5-14(21)8-13/h3-5,8-9,16-18,22-23H,2,6-7,10-12H2,1H3/t16-,17-,18?/m1/s1. The molecule has 0 aromatic heterocycles. The summed E-state index contributed by atoms with van der Waals surface area (Å²) < 4.78 is 43.0. The van der Waals surface area contributed by atoms with E-state index in [0.29, 0.717) is 10.6 Å². The molecular weight excluding hydrogens is 436 g/mol. The maximum absolute atomic E-state index is 13.2. The lowest BCUT2D eigenvalue weighted by atomic mass is 9.94. The van der Waals surface area contributed by atoms with Crippen LogP contribution in [0.1, 0.15) is 25.3 Å². The Morgan fingerprint density at radius 1 is 1.27 bits per heavy atom. The number of sulfone groups is 1. The van der Waals surface area contributed by atoms with Crippen LogP contribution in [0.3, 0.4) is 0 Å². The van der Waals surface area contributed by atoms with Gasteiger partial charge in [-0.05, 0) is 37.1 Å². The van der Waals surface area contributed by atoms with E-state index in [1.54, 1.807) is 31.2 Å². The number of carbonyl (C=O) groups is 1. The second-order valence-electron chi connectivity index (χ2n) is 7.27. The monoisotopic (exact) mass is 460 g/mol. The van der Waals surface area contributed by atoms with E-state index in [0.717, 1.165) is 0 Å². The summed E-state index contributed by atoms with van der Waals surface area (Å²) in [4.78, 5) is 12.6. The summed E-state index contributed by atoms with van der Waals surface area (Å²) in [6.45, 7) is 0.932. The Balaban J connectivity index is 1.94. The van der Waals surface area contributed by atoms with Gasteiger partial charge in [-0.1, -0.05) is 23.7 Å². The van der Waals surface area contributed by atoms with E-state index < -0.39 is 39.1 Å². The van der Waals surface area contributed by atoms with Gasteiger partial charge in [0.2, 0.25) is 0 Å². The molecule has 0 bridgehead atoms. The fourth-order valence-corrected chi connectivity index (χ4v) is 5.90. The fourth-order valence-electron chi connectivity index (χ4n) is 3.81. The molecule has 1 heterocycles. The first-order chi connectivity index (χ1) is 14.2. The van der Waals surface area contributed by atoms with Gasteiger partial charge >= 0.3 is 5.97 Å². The molecule has 30 heavy (non-hydrogen) atoms. The Bertz CT molecular complexity index is 901. The molecule has 2 aliphatic rings. The highest BCUT2D eigenvalue weighted by atomic mass is 35.5. The van der Waals surface area contributed by atoms with E-state index in [4.69, 9.17) is 25.8 Å². The van der Waals surface area contributed by atoms with E-state index in [1.807, 2.05) is 0 Å². The fraction of sp³-hybridized carbons (Fsp3) is 0.550. The number of ether oxygens (including phenoxy) is 3. The van der Waals surface area contributed by atoms with Crippen LogP contribution in [0.2, 0.25) is 5.02 Å².